The molecule has 0 spiro atoms. The zero-order valence-corrected chi connectivity index (χ0v) is 16.2. The van der Waals surface area contributed by atoms with E-state index in [0.29, 0.717) is 29.3 Å². The molecule has 1 aliphatic rings. The molecule has 0 amide bonds. The highest BCUT2D eigenvalue weighted by Crippen LogP contribution is 2.37. The maximum atomic E-state index is 10.3. The molecule has 0 radical (unpaired) electrons. The average molecular weight is 468 g/mol. The molecule has 1 saturated heterocycles. The fraction of sp³-hybridized carbons (Fsp3) is 0.312. The minimum Gasteiger partial charge on any atom is -0.388 e. The molecular formula is C16H17IN6OS. The fourth-order valence-electron chi connectivity index (χ4n) is 2.86. The van der Waals surface area contributed by atoms with Crippen LogP contribution in [0, 0.1) is 3.57 Å². The van der Waals surface area contributed by atoms with Crippen LogP contribution in [-0.4, -0.2) is 42.5 Å². The van der Waals surface area contributed by atoms with Crippen molar-refractivity contribution < 1.29 is 5.11 Å². The van der Waals surface area contributed by atoms with Gasteiger partial charge in [0.25, 0.3) is 0 Å². The van der Waals surface area contributed by atoms with Crippen LogP contribution in [0.1, 0.15) is 10.9 Å². The number of aliphatic hydroxyl groups is 1. The Balaban J connectivity index is 1.61. The van der Waals surface area contributed by atoms with E-state index in [1.165, 1.54) is 15.5 Å². The summed E-state index contributed by atoms with van der Waals surface area (Å²) in [4.78, 5) is 13.1. The summed E-state index contributed by atoms with van der Waals surface area (Å²) in [5, 5.41) is 13.4. The molecule has 1 aromatic carbocycles. The van der Waals surface area contributed by atoms with Gasteiger partial charge in [0.05, 0.1) is 6.33 Å². The summed E-state index contributed by atoms with van der Waals surface area (Å²) in [7, 11) is 0. The van der Waals surface area contributed by atoms with Crippen LogP contribution in [0.25, 0.3) is 11.2 Å². The second-order valence-corrected chi connectivity index (χ2v) is 8.30. The third-order valence-electron chi connectivity index (χ3n) is 4.17. The Morgan fingerprint density at radius 3 is 3.00 bits per heavy atom. The molecule has 3 heterocycles. The number of aromatic nitrogens is 4. The number of nitrogens with two attached hydrogens (primary N) is 1. The number of halogens is 1. The third-order valence-corrected chi connectivity index (χ3v) is 6.27. The van der Waals surface area contributed by atoms with Gasteiger partial charge in [0.2, 0.25) is 0 Å². The summed E-state index contributed by atoms with van der Waals surface area (Å²) in [6.07, 6.45) is 2.61. The number of thioether (sulfide) groups is 1. The van der Waals surface area contributed by atoms with Gasteiger partial charge in [-0.05, 0) is 40.3 Å². The van der Waals surface area contributed by atoms with Gasteiger partial charge in [-0.2, -0.15) is 0 Å². The first-order valence-electron chi connectivity index (χ1n) is 7.84. The highest BCUT2D eigenvalue weighted by molar-refractivity contribution is 14.1. The van der Waals surface area contributed by atoms with E-state index >= 15 is 0 Å². The fourth-order valence-corrected chi connectivity index (χ4v) is 4.80. The number of imidazole rings is 1. The van der Waals surface area contributed by atoms with Gasteiger partial charge in [-0.3, -0.25) is 4.57 Å². The van der Waals surface area contributed by atoms with Crippen LogP contribution in [0.15, 0.2) is 36.9 Å². The van der Waals surface area contributed by atoms with Crippen LogP contribution in [0.2, 0.25) is 0 Å². The minimum absolute atomic E-state index is 0.168. The van der Waals surface area contributed by atoms with Crippen molar-refractivity contribution in [2.45, 2.75) is 24.1 Å². The molecule has 2 aromatic heterocycles. The van der Waals surface area contributed by atoms with Crippen molar-refractivity contribution in [3.05, 3.63) is 46.1 Å². The number of nitrogens with one attached hydrogen (secondary N) is 1. The van der Waals surface area contributed by atoms with Gasteiger partial charge >= 0.3 is 0 Å². The van der Waals surface area contributed by atoms with E-state index in [-0.39, 0.29) is 11.4 Å². The molecule has 3 aromatic rings. The zero-order chi connectivity index (χ0) is 17.4. The maximum absolute atomic E-state index is 10.3. The van der Waals surface area contributed by atoms with Gasteiger partial charge in [0.15, 0.2) is 11.5 Å². The second-order valence-electron chi connectivity index (χ2n) is 5.91. The molecule has 4 rings (SSSR count). The van der Waals surface area contributed by atoms with Crippen molar-refractivity contribution in [1.29, 1.82) is 0 Å². The van der Waals surface area contributed by atoms with E-state index in [1.54, 1.807) is 18.1 Å². The Bertz CT molecular complexity index is 903. The predicted octanol–water partition coefficient (Wildman–Crippen LogP) is 1.98. The molecule has 4 N–H and O–H groups in total. The number of nitrogens with zero attached hydrogens (tertiary/aromatic N) is 4. The molecule has 7 nitrogen and oxygen atoms in total. The molecule has 0 aliphatic carbocycles. The highest BCUT2D eigenvalue weighted by Gasteiger charge is 2.35. The monoisotopic (exact) mass is 468 g/mol. The lowest BCUT2D eigenvalue weighted by Crippen LogP contribution is -2.35. The van der Waals surface area contributed by atoms with Crippen molar-refractivity contribution in [2.75, 3.05) is 11.1 Å². The summed E-state index contributed by atoms with van der Waals surface area (Å²) in [6, 6.07) is 8.05. The van der Waals surface area contributed by atoms with Crippen LogP contribution in [0.3, 0.4) is 0 Å². The first-order valence-corrected chi connectivity index (χ1v) is 9.97. The average Bonchev–Trinajstić information content (AvgIpc) is 3.17. The van der Waals surface area contributed by atoms with E-state index in [2.05, 4.69) is 61.1 Å². The lowest BCUT2D eigenvalue weighted by atomic mass is 10.2. The summed E-state index contributed by atoms with van der Waals surface area (Å²) < 4.78 is 3.08. The van der Waals surface area contributed by atoms with Crippen LogP contribution in [-0.2, 0) is 6.54 Å². The van der Waals surface area contributed by atoms with E-state index in [4.69, 9.17) is 5.73 Å². The number of benzene rings is 1. The number of rotatable bonds is 4. The number of anilines is 1. The topological polar surface area (TPSA) is 102 Å². The van der Waals surface area contributed by atoms with Crippen LogP contribution in [0.5, 0.6) is 0 Å². The summed E-state index contributed by atoms with van der Waals surface area (Å²) in [5.74, 6) is 1.40. The molecule has 0 bridgehead atoms. The van der Waals surface area contributed by atoms with Gasteiger partial charge in [-0.15, -0.1) is 11.8 Å². The van der Waals surface area contributed by atoms with Gasteiger partial charge in [0, 0.05) is 21.9 Å². The molecule has 9 heteroatoms. The second kappa shape index (κ2) is 7.06. The first-order chi connectivity index (χ1) is 12.1. The van der Waals surface area contributed by atoms with Crippen molar-refractivity contribution in [3.63, 3.8) is 0 Å². The standard InChI is InChI=1S/C16H17IN6OS/c17-10-3-1-2-9(4-10)5-19-14-12-15(21-7-20-14)23(8-22-12)16-13(24)11(18)6-25-16/h1-4,7-8,11,13,16,24H,5-6,18H2,(H,19,20,21)/t11-,13-,16-/m1/s1. The molecule has 0 unspecified atom stereocenters. The largest absolute Gasteiger partial charge is 0.388 e. The SMILES string of the molecule is N[C@@H]1CS[C@@H](n2cnc3c(NCc4cccc(I)c4)ncnc32)[C@@H]1O. The van der Waals surface area contributed by atoms with Gasteiger partial charge in [0.1, 0.15) is 23.3 Å². The van der Waals surface area contributed by atoms with Crippen LogP contribution >= 0.6 is 34.4 Å². The number of hydrogen-bond acceptors (Lipinski definition) is 7. The third kappa shape index (κ3) is 3.33. The Kier molecular flexibility index (Phi) is 4.80. The Labute approximate surface area is 162 Å². The van der Waals surface area contributed by atoms with E-state index < -0.39 is 6.10 Å². The Morgan fingerprint density at radius 1 is 1.36 bits per heavy atom. The van der Waals surface area contributed by atoms with E-state index in [1.807, 2.05) is 10.6 Å². The molecule has 1 fully saturated rings. The molecule has 3 atom stereocenters. The van der Waals surface area contributed by atoms with Gasteiger partial charge in [-0.1, -0.05) is 12.1 Å². The predicted molar refractivity (Wildman–Crippen MR) is 107 cm³/mol. The number of hydrogen-bond donors (Lipinski definition) is 3. The van der Waals surface area contributed by atoms with E-state index in [0.717, 1.165) is 0 Å². The number of aliphatic hydroxyl groups excluding tert-OH is 1. The molecular weight excluding hydrogens is 451 g/mol. The maximum Gasteiger partial charge on any atom is 0.166 e. The summed E-state index contributed by atoms with van der Waals surface area (Å²) in [5.41, 5.74) is 8.49. The van der Waals surface area contributed by atoms with Gasteiger partial charge < -0.3 is 16.2 Å². The van der Waals surface area contributed by atoms with Crippen LogP contribution < -0.4 is 11.1 Å². The van der Waals surface area contributed by atoms with Crippen molar-refractivity contribution in [2.24, 2.45) is 5.73 Å². The molecule has 1 aliphatic heterocycles. The minimum atomic E-state index is -0.611. The van der Waals surface area contributed by atoms with Crippen molar-refractivity contribution in [3.8, 4) is 0 Å². The van der Waals surface area contributed by atoms with Crippen LogP contribution in [0.4, 0.5) is 5.82 Å². The van der Waals surface area contributed by atoms with E-state index in [9.17, 15) is 5.11 Å². The lowest BCUT2D eigenvalue weighted by molar-refractivity contribution is 0.139. The quantitative estimate of drug-likeness (QED) is 0.504. The lowest BCUT2D eigenvalue weighted by Gasteiger charge is -2.17. The Morgan fingerprint density at radius 2 is 2.24 bits per heavy atom. The van der Waals surface area contributed by atoms with Crippen molar-refractivity contribution in [1.82, 2.24) is 19.5 Å². The normalized spacial score (nSPS) is 23.2. The smallest absolute Gasteiger partial charge is 0.166 e. The summed E-state index contributed by atoms with van der Waals surface area (Å²) in [6.45, 7) is 0.654. The highest BCUT2D eigenvalue weighted by atomic mass is 127. The van der Waals surface area contributed by atoms with Crippen molar-refractivity contribution >= 4 is 51.3 Å². The number of fused-ring (bicyclic) bond motifs is 1. The zero-order valence-electron chi connectivity index (χ0n) is 13.2. The summed E-state index contributed by atoms with van der Waals surface area (Å²) >= 11 is 3.91. The first kappa shape index (κ1) is 17.0. The van der Waals surface area contributed by atoms with Gasteiger partial charge in [-0.25, -0.2) is 15.0 Å². The molecule has 0 saturated carbocycles. The Hall–Kier alpha value is -1.43. The molecule has 130 valence electrons. The molecule has 25 heavy (non-hydrogen) atoms.